The van der Waals surface area contributed by atoms with Crippen molar-refractivity contribution in [1.29, 1.82) is 0 Å². The third-order valence-corrected chi connectivity index (χ3v) is 6.09. The third kappa shape index (κ3) is 3.52. The van der Waals surface area contributed by atoms with Gasteiger partial charge in [-0.2, -0.15) is 0 Å². The summed E-state index contributed by atoms with van der Waals surface area (Å²) in [7, 11) is -3.38. The largest absolute Gasteiger partial charge is 0.241 e. The van der Waals surface area contributed by atoms with Crippen LogP contribution in [0, 0.1) is 6.92 Å². The Morgan fingerprint density at radius 2 is 2.20 bits per heavy atom. The molecule has 15 heavy (non-hydrogen) atoms. The normalized spacial score (nSPS) is 14.1. The number of thiophene rings is 1. The standard InChI is InChI=1S/C8H11Br2NO2S2/c1-5(4-9)11-15(12,13)7-3-8(10)14-6(7)2/h3,5,11H,4H2,1-2H3. The van der Waals surface area contributed by atoms with Gasteiger partial charge in [0.15, 0.2) is 0 Å². The molecular weight excluding hydrogens is 366 g/mol. The monoisotopic (exact) mass is 375 g/mol. The number of sulfonamides is 1. The highest BCUT2D eigenvalue weighted by Gasteiger charge is 2.20. The van der Waals surface area contributed by atoms with Crippen molar-refractivity contribution in [3.05, 3.63) is 14.7 Å². The van der Waals surface area contributed by atoms with Crippen LogP contribution in [0.25, 0.3) is 0 Å². The molecule has 0 fully saturated rings. The SMILES string of the molecule is Cc1sc(Br)cc1S(=O)(=O)NC(C)CBr. The summed E-state index contributed by atoms with van der Waals surface area (Å²) in [5, 5.41) is 0.594. The lowest BCUT2D eigenvalue weighted by molar-refractivity contribution is 0.571. The van der Waals surface area contributed by atoms with E-state index >= 15 is 0 Å². The molecule has 0 bridgehead atoms. The number of hydrogen-bond donors (Lipinski definition) is 1. The fourth-order valence-electron chi connectivity index (χ4n) is 1.06. The molecule has 1 rings (SSSR count). The predicted molar refractivity (Wildman–Crippen MR) is 70.3 cm³/mol. The number of halogens is 2. The second-order valence-corrected chi connectivity index (χ2v) is 8.11. The van der Waals surface area contributed by atoms with Crippen LogP contribution in [0.2, 0.25) is 0 Å². The molecule has 0 amide bonds. The predicted octanol–water partition coefficient (Wildman–Crippen LogP) is 2.88. The van der Waals surface area contributed by atoms with E-state index in [0.29, 0.717) is 10.2 Å². The van der Waals surface area contributed by atoms with Crippen molar-refractivity contribution in [1.82, 2.24) is 4.72 Å². The van der Waals surface area contributed by atoms with Crippen LogP contribution >= 0.6 is 43.2 Å². The van der Waals surface area contributed by atoms with Crippen LogP contribution in [-0.4, -0.2) is 19.8 Å². The molecule has 3 nitrogen and oxygen atoms in total. The highest BCUT2D eigenvalue weighted by Crippen LogP contribution is 2.29. The van der Waals surface area contributed by atoms with Gasteiger partial charge in [0.2, 0.25) is 10.0 Å². The molecule has 0 aliphatic rings. The minimum atomic E-state index is -3.38. The Morgan fingerprint density at radius 1 is 1.60 bits per heavy atom. The van der Waals surface area contributed by atoms with Crippen LogP contribution in [0.5, 0.6) is 0 Å². The van der Waals surface area contributed by atoms with E-state index in [1.807, 2.05) is 6.92 Å². The molecule has 1 unspecified atom stereocenters. The summed E-state index contributed by atoms with van der Waals surface area (Å²) in [4.78, 5) is 1.14. The Kier molecular flexibility index (Phi) is 4.79. The second-order valence-electron chi connectivity index (χ2n) is 3.15. The van der Waals surface area contributed by atoms with E-state index in [4.69, 9.17) is 0 Å². The average molecular weight is 377 g/mol. The highest BCUT2D eigenvalue weighted by molar-refractivity contribution is 9.11. The Balaban J connectivity index is 3.01. The van der Waals surface area contributed by atoms with Crippen LogP contribution in [-0.2, 0) is 10.0 Å². The maximum atomic E-state index is 11.9. The van der Waals surface area contributed by atoms with Crippen LogP contribution in [0.15, 0.2) is 14.7 Å². The topological polar surface area (TPSA) is 46.2 Å². The molecule has 86 valence electrons. The minimum Gasteiger partial charge on any atom is -0.207 e. The molecule has 0 saturated heterocycles. The Labute approximate surface area is 111 Å². The molecule has 0 aliphatic carbocycles. The van der Waals surface area contributed by atoms with Crippen molar-refractivity contribution < 1.29 is 8.42 Å². The number of alkyl halides is 1. The summed E-state index contributed by atoms with van der Waals surface area (Å²) in [6.07, 6.45) is 0. The molecule has 1 heterocycles. The summed E-state index contributed by atoms with van der Waals surface area (Å²) >= 11 is 7.92. The van der Waals surface area contributed by atoms with Gasteiger partial charge in [-0.1, -0.05) is 15.9 Å². The zero-order valence-corrected chi connectivity index (χ0v) is 13.1. The average Bonchev–Trinajstić information content (AvgIpc) is 2.45. The van der Waals surface area contributed by atoms with E-state index in [2.05, 4.69) is 36.6 Å². The molecule has 1 atom stereocenters. The first-order valence-electron chi connectivity index (χ1n) is 4.21. The zero-order valence-electron chi connectivity index (χ0n) is 8.25. The smallest absolute Gasteiger partial charge is 0.207 e. The first-order chi connectivity index (χ1) is 6.86. The van der Waals surface area contributed by atoms with E-state index < -0.39 is 10.0 Å². The van der Waals surface area contributed by atoms with Crippen molar-refractivity contribution in [2.45, 2.75) is 24.8 Å². The van der Waals surface area contributed by atoms with Crippen molar-refractivity contribution in [2.24, 2.45) is 0 Å². The fourth-order valence-corrected chi connectivity index (χ4v) is 5.09. The van der Waals surface area contributed by atoms with Crippen LogP contribution < -0.4 is 4.72 Å². The molecular formula is C8H11Br2NO2S2. The van der Waals surface area contributed by atoms with E-state index in [1.165, 1.54) is 11.3 Å². The quantitative estimate of drug-likeness (QED) is 0.821. The van der Waals surface area contributed by atoms with Crippen LogP contribution in [0.3, 0.4) is 0 Å². The summed E-state index contributed by atoms with van der Waals surface area (Å²) in [5.41, 5.74) is 0. The van der Waals surface area contributed by atoms with Gasteiger partial charge in [-0.15, -0.1) is 11.3 Å². The molecule has 0 saturated carbocycles. The van der Waals surface area contributed by atoms with Gasteiger partial charge in [-0.25, -0.2) is 13.1 Å². The van der Waals surface area contributed by atoms with Crippen molar-refractivity contribution in [3.63, 3.8) is 0 Å². The molecule has 0 spiro atoms. The van der Waals surface area contributed by atoms with Gasteiger partial charge in [-0.3, -0.25) is 0 Å². The number of rotatable bonds is 4. The zero-order chi connectivity index (χ0) is 11.6. The molecule has 0 aliphatic heterocycles. The lowest BCUT2D eigenvalue weighted by atomic mass is 10.4. The molecule has 7 heteroatoms. The van der Waals surface area contributed by atoms with Crippen molar-refractivity contribution in [2.75, 3.05) is 5.33 Å². The molecule has 0 aromatic carbocycles. The van der Waals surface area contributed by atoms with E-state index in [1.54, 1.807) is 13.0 Å². The fraction of sp³-hybridized carbons (Fsp3) is 0.500. The first kappa shape index (κ1) is 13.6. The van der Waals surface area contributed by atoms with Crippen LogP contribution in [0.4, 0.5) is 0 Å². The summed E-state index contributed by atoms with van der Waals surface area (Å²) in [5.74, 6) is 0. The number of hydrogen-bond acceptors (Lipinski definition) is 3. The Hall–Kier alpha value is 0.570. The number of aryl methyl sites for hydroxylation is 1. The second kappa shape index (κ2) is 5.27. The molecule has 0 radical (unpaired) electrons. The van der Waals surface area contributed by atoms with E-state index in [-0.39, 0.29) is 6.04 Å². The lowest BCUT2D eigenvalue weighted by Gasteiger charge is -2.10. The van der Waals surface area contributed by atoms with E-state index in [0.717, 1.165) is 8.66 Å². The summed E-state index contributed by atoms with van der Waals surface area (Å²) < 4.78 is 27.2. The van der Waals surface area contributed by atoms with E-state index in [9.17, 15) is 8.42 Å². The van der Waals surface area contributed by atoms with Gasteiger partial charge in [-0.05, 0) is 35.8 Å². The third-order valence-electron chi connectivity index (χ3n) is 1.72. The van der Waals surface area contributed by atoms with Crippen molar-refractivity contribution in [3.8, 4) is 0 Å². The van der Waals surface area contributed by atoms with Gasteiger partial charge in [0.1, 0.15) is 0 Å². The maximum absolute atomic E-state index is 11.9. The van der Waals surface area contributed by atoms with Crippen molar-refractivity contribution >= 4 is 53.2 Å². The summed E-state index contributed by atoms with van der Waals surface area (Å²) in [6.45, 7) is 3.60. The lowest BCUT2D eigenvalue weighted by Crippen LogP contribution is -2.33. The van der Waals surface area contributed by atoms with Gasteiger partial charge in [0.25, 0.3) is 0 Å². The Morgan fingerprint density at radius 3 is 2.60 bits per heavy atom. The number of nitrogens with one attached hydrogen (secondary N) is 1. The van der Waals surface area contributed by atoms with Crippen LogP contribution in [0.1, 0.15) is 11.8 Å². The van der Waals surface area contributed by atoms with Gasteiger partial charge >= 0.3 is 0 Å². The first-order valence-corrected chi connectivity index (χ1v) is 8.42. The van der Waals surface area contributed by atoms with Gasteiger partial charge in [0, 0.05) is 16.2 Å². The minimum absolute atomic E-state index is 0.118. The molecule has 1 N–H and O–H groups in total. The molecule has 1 aromatic heterocycles. The van der Waals surface area contributed by atoms with Gasteiger partial charge in [0.05, 0.1) is 8.68 Å². The summed E-state index contributed by atoms with van der Waals surface area (Å²) in [6, 6.07) is 1.51. The van der Waals surface area contributed by atoms with Gasteiger partial charge < -0.3 is 0 Å². The Bertz CT molecular complexity index is 441. The highest BCUT2D eigenvalue weighted by atomic mass is 79.9. The molecule has 1 aromatic rings. The maximum Gasteiger partial charge on any atom is 0.241 e.